The number of aryl methyl sites for hydroxylation is 1. The van der Waals surface area contributed by atoms with Crippen LogP contribution in [0.2, 0.25) is 0 Å². The summed E-state index contributed by atoms with van der Waals surface area (Å²) < 4.78 is 7.26. The van der Waals surface area contributed by atoms with Crippen LogP contribution in [0.3, 0.4) is 0 Å². The number of likely N-dealkylation sites (N-methyl/N-ethyl adjacent to an activating group) is 1. The fourth-order valence-corrected chi connectivity index (χ4v) is 3.35. The summed E-state index contributed by atoms with van der Waals surface area (Å²) in [6.45, 7) is 2.08. The number of morpholine rings is 1. The number of hydrogen-bond acceptors (Lipinski definition) is 6. The lowest BCUT2D eigenvalue weighted by atomic mass is 10.2. The van der Waals surface area contributed by atoms with Gasteiger partial charge in [-0.1, -0.05) is 0 Å². The minimum Gasteiger partial charge on any atom is -0.373 e. The van der Waals surface area contributed by atoms with Crippen LogP contribution in [0.4, 0.5) is 5.82 Å². The zero-order chi connectivity index (χ0) is 17.1. The van der Waals surface area contributed by atoms with Crippen LogP contribution in [0, 0.1) is 0 Å². The van der Waals surface area contributed by atoms with E-state index < -0.39 is 0 Å². The Labute approximate surface area is 144 Å². The molecule has 1 aliphatic heterocycles. The van der Waals surface area contributed by atoms with Crippen molar-refractivity contribution in [3.8, 4) is 0 Å². The zero-order valence-corrected chi connectivity index (χ0v) is 14.5. The standard InChI is InChI=1S/C16H20N4O3S/c1-18-5-4-17-14(16(18)22)19(2)9-13-10-20(6-7-23-13)15(21)12-3-8-24-11-12/h3-5,8,11,13H,6-7,9-10H2,1-2H3. The highest BCUT2D eigenvalue weighted by atomic mass is 32.1. The third kappa shape index (κ3) is 3.49. The van der Waals surface area contributed by atoms with E-state index in [-0.39, 0.29) is 17.6 Å². The van der Waals surface area contributed by atoms with Gasteiger partial charge in [-0.3, -0.25) is 9.59 Å². The van der Waals surface area contributed by atoms with Gasteiger partial charge in [0.05, 0.1) is 18.3 Å². The summed E-state index contributed by atoms with van der Waals surface area (Å²) in [7, 11) is 3.51. The van der Waals surface area contributed by atoms with Gasteiger partial charge in [0.2, 0.25) is 0 Å². The molecule has 1 saturated heterocycles. The van der Waals surface area contributed by atoms with Crippen molar-refractivity contribution in [3.05, 3.63) is 45.1 Å². The SMILES string of the molecule is CN(CC1CN(C(=O)c2ccsc2)CCO1)c1nccn(C)c1=O. The molecule has 7 nitrogen and oxygen atoms in total. The third-order valence-corrected chi connectivity index (χ3v) is 4.72. The minimum atomic E-state index is -0.155. The fraction of sp³-hybridized carbons (Fsp3) is 0.438. The summed E-state index contributed by atoms with van der Waals surface area (Å²) in [4.78, 5) is 32.3. The van der Waals surface area contributed by atoms with Crippen molar-refractivity contribution >= 4 is 23.1 Å². The molecule has 0 spiro atoms. The average molecular weight is 348 g/mol. The molecular formula is C16H20N4O3S. The van der Waals surface area contributed by atoms with Crippen LogP contribution in [-0.4, -0.2) is 59.8 Å². The first kappa shape index (κ1) is 16.7. The Kier molecular flexibility index (Phi) is 4.96. The molecule has 0 radical (unpaired) electrons. The molecule has 0 N–H and O–H groups in total. The normalized spacial score (nSPS) is 17.8. The van der Waals surface area contributed by atoms with Gasteiger partial charge in [0.25, 0.3) is 11.5 Å². The Balaban J connectivity index is 1.66. The number of nitrogens with zero attached hydrogens (tertiary/aromatic N) is 4. The molecule has 1 aliphatic rings. The van der Waals surface area contributed by atoms with E-state index in [1.807, 2.05) is 23.9 Å². The minimum absolute atomic E-state index is 0.0287. The van der Waals surface area contributed by atoms with Gasteiger partial charge in [-0.05, 0) is 11.4 Å². The van der Waals surface area contributed by atoms with Crippen LogP contribution in [0.5, 0.6) is 0 Å². The van der Waals surface area contributed by atoms with Crippen molar-refractivity contribution in [3.63, 3.8) is 0 Å². The maximum absolute atomic E-state index is 12.5. The van der Waals surface area contributed by atoms with Crippen LogP contribution in [-0.2, 0) is 11.8 Å². The monoisotopic (exact) mass is 348 g/mol. The summed E-state index contributed by atoms with van der Waals surface area (Å²) in [5, 5.41) is 3.76. The van der Waals surface area contributed by atoms with Crippen molar-refractivity contribution in [1.82, 2.24) is 14.5 Å². The van der Waals surface area contributed by atoms with Gasteiger partial charge >= 0.3 is 0 Å². The molecule has 0 aliphatic carbocycles. The molecular weight excluding hydrogens is 328 g/mol. The lowest BCUT2D eigenvalue weighted by molar-refractivity contribution is -0.0171. The molecule has 0 aromatic carbocycles. The highest BCUT2D eigenvalue weighted by Crippen LogP contribution is 2.14. The largest absolute Gasteiger partial charge is 0.373 e. The molecule has 2 aromatic rings. The van der Waals surface area contributed by atoms with E-state index in [2.05, 4.69) is 4.98 Å². The predicted molar refractivity (Wildman–Crippen MR) is 92.7 cm³/mol. The lowest BCUT2D eigenvalue weighted by Gasteiger charge is -2.34. The maximum atomic E-state index is 12.5. The van der Waals surface area contributed by atoms with Crippen molar-refractivity contribution in [1.29, 1.82) is 0 Å². The van der Waals surface area contributed by atoms with E-state index in [0.717, 1.165) is 0 Å². The molecule has 3 heterocycles. The average Bonchev–Trinajstić information content (AvgIpc) is 3.11. The first-order valence-electron chi connectivity index (χ1n) is 7.72. The van der Waals surface area contributed by atoms with E-state index in [9.17, 15) is 9.59 Å². The number of aromatic nitrogens is 2. The highest BCUT2D eigenvalue weighted by molar-refractivity contribution is 7.08. The Morgan fingerprint density at radius 1 is 1.54 bits per heavy atom. The van der Waals surface area contributed by atoms with Crippen molar-refractivity contribution in [2.24, 2.45) is 7.05 Å². The number of hydrogen-bond donors (Lipinski definition) is 0. The molecule has 24 heavy (non-hydrogen) atoms. The first-order valence-corrected chi connectivity index (χ1v) is 8.66. The molecule has 2 aromatic heterocycles. The molecule has 1 atom stereocenters. The first-order chi connectivity index (χ1) is 11.6. The number of thiophene rings is 1. The molecule has 8 heteroatoms. The lowest BCUT2D eigenvalue weighted by Crippen LogP contribution is -2.49. The number of rotatable bonds is 4. The number of ether oxygens (including phenoxy) is 1. The van der Waals surface area contributed by atoms with Crippen molar-refractivity contribution in [2.75, 3.05) is 38.2 Å². The van der Waals surface area contributed by atoms with Crippen LogP contribution < -0.4 is 10.5 Å². The molecule has 0 saturated carbocycles. The van der Waals surface area contributed by atoms with E-state index in [4.69, 9.17) is 4.74 Å². The van der Waals surface area contributed by atoms with Gasteiger partial charge in [-0.25, -0.2) is 4.98 Å². The van der Waals surface area contributed by atoms with Gasteiger partial charge in [0, 0.05) is 51.5 Å². The number of anilines is 1. The molecule has 1 amide bonds. The molecule has 1 fully saturated rings. The molecule has 128 valence electrons. The highest BCUT2D eigenvalue weighted by Gasteiger charge is 2.26. The van der Waals surface area contributed by atoms with Crippen LogP contribution in [0.25, 0.3) is 0 Å². The predicted octanol–water partition coefficient (Wildman–Crippen LogP) is 0.819. The summed E-state index contributed by atoms with van der Waals surface area (Å²) in [6, 6.07) is 1.83. The smallest absolute Gasteiger partial charge is 0.293 e. The summed E-state index contributed by atoms with van der Waals surface area (Å²) in [6.07, 6.45) is 3.07. The second kappa shape index (κ2) is 7.14. The second-order valence-corrected chi connectivity index (χ2v) is 6.58. The fourth-order valence-electron chi connectivity index (χ4n) is 2.72. The third-order valence-electron chi connectivity index (χ3n) is 4.03. The van der Waals surface area contributed by atoms with E-state index >= 15 is 0 Å². The van der Waals surface area contributed by atoms with E-state index in [0.29, 0.717) is 37.6 Å². The molecule has 0 bridgehead atoms. The van der Waals surface area contributed by atoms with Crippen LogP contribution >= 0.6 is 11.3 Å². The van der Waals surface area contributed by atoms with Gasteiger partial charge in [0.15, 0.2) is 5.82 Å². The van der Waals surface area contributed by atoms with Gasteiger partial charge in [0.1, 0.15) is 0 Å². The zero-order valence-electron chi connectivity index (χ0n) is 13.7. The summed E-state index contributed by atoms with van der Waals surface area (Å²) in [5.74, 6) is 0.408. The van der Waals surface area contributed by atoms with Gasteiger partial charge < -0.3 is 19.1 Å². The number of amides is 1. The summed E-state index contributed by atoms with van der Waals surface area (Å²) in [5.41, 5.74) is 0.564. The molecule has 3 rings (SSSR count). The Morgan fingerprint density at radius 2 is 2.38 bits per heavy atom. The Bertz CT molecular complexity index is 759. The van der Waals surface area contributed by atoms with Gasteiger partial charge in [-0.2, -0.15) is 11.3 Å². The summed E-state index contributed by atoms with van der Waals surface area (Å²) >= 11 is 1.51. The molecule has 1 unspecified atom stereocenters. The Hall–Kier alpha value is -2.19. The number of carbonyl (C=O) groups is 1. The van der Waals surface area contributed by atoms with Crippen LogP contribution in [0.1, 0.15) is 10.4 Å². The van der Waals surface area contributed by atoms with Crippen LogP contribution in [0.15, 0.2) is 34.0 Å². The second-order valence-electron chi connectivity index (χ2n) is 5.80. The van der Waals surface area contributed by atoms with Crippen molar-refractivity contribution in [2.45, 2.75) is 6.10 Å². The topological polar surface area (TPSA) is 67.7 Å². The Morgan fingerprint density at radius 3 is 3.12 bits per heavy atom. The van der Waals surface area contributed by atoms with E-state index in [1.54, 1.807) is 29.2 Å². The quantitative estimate of drug-likeness (QED) is 0.818. The van der Waals surface area contributed by atoms with Gasteiger partial charge in [-0.15, -0.1) is 0 Å². The maximum Gasteiger partial charge on any atom is 0.293 e. The number of carbonyl (C=O) groups excluding carboxylic acids is 1. The van der Waals surface area contributed by atoms with E-state index in [1.165, 1.54) is 15.9 Å². The van der Waals surface area contributed by atoms with Crippen molar-refractivity contribution < 1.29 is 9.53 Å².